The van der Waals surface area contributed by atoms with Gasteiger partial charge >= 0.3 is 5.97 Å². The lowest BCUT2D eigenvalue weighted by molar-refractivity contribution is -0.153. The second kappa shape index (κ2) is 10.2. The van der Waals surface area contributed by atoms with E-state index in [1.54, 1.807) is 0 Å². The topological polar surface area (TPSA) is 85.5 Å². The van der Waals surface area contributed by atoms with Crippen LogP contribution in [0.15, 0.2) is 28.7 Å². The molecule has 1 aromatic carbocycles. The van der Waals surface area contributed by atoms with Gasteiger partial charge in [0, 0.05) is 24.6 Å². The van der Waals surface area contributed by atoms with Crippen LogP contribution >= 0.6 is 0 Å². The third-order valence-electron chi connectivity index (χ3n) is 5.34. The monoisotopic (exact) mass is 399 g/mol. The first kappa shape index (κ1) is 21.0. The highest BCUT2D eigenvalue weighted by Crippen LogP contribution is 2.22. The summed E-state index contributed by atoms with van der Waals surface area (Å²) in [5.74, 6) is 0.246. The molecule has 1 aliphatic rings. The van der Waals surface area contributed by atoms with Gasteiger partial charge in [-0.1, -0.05) is 37.0 Å². The molecule has 0 unspecified atom stereocenters. The molecular formula is C22H29N3O4. The van der Waals surface area contributed by atoms with Crippen LogP contribution in [0.5, 0.6) is 0 Å². The van der Waals surface area contributed by atoms with E-state index in [-0.39, 0.29) is 31.4 Å². The zero-order valence-electron chi connectivity index (χ0n) is 17.2. The molecule has 29 heavy (non-hydrogen) atoms. The fraction of sp³-hybridized carbons (Fsp3) is 0.545. The van der Waals surface area contributed by atoms with E-state index in [0.717, 1.165) is 36.8 Å². The summed E-state index contributed by atoms with van der Waals surface area (Å²) < 4.78 is 10.8. The Kier molecular flexibility index (Phi) is 7.38. The summed E-state index contributed by atoms with van der Waals surface area (Å²) in [6.07, 6.45) is 6.00. The second-order valence-corrected chi connectivity index (χ2v) is 7.50. The number of aromatic nitrogens is 2. The SMILES string of the molecule is CCN(C(=O)COC(=O)CCc1nnc(-c2ccc(C)cc2)o1)C1CCCCC1. The van der Waals surface area contributed by atoms with Gasteiger partial charge in [-0.2, -0.15) is 0 Å². The van der Waals surface area contributed by atoms with Crippen molar-refractivity contribution >= 4 is 11.9 Å². The maximum atomic E-state index is 12.4. The van der Waals surface area contributed by atoms with Crippen LogP contribution < -0.4 is 0 Å². The number of rotatable bonds is 8. The molecule has 7 nitrogen and oxygen atoms in total. The van der Waals surface area contributed by atoms with Crippen molar-refractivity contribution in [3.63, 3.8) is 0 Å². The molecule has 1 saturated carbocycles. The van der Waals surface area contributed by atoms with E-state index in [1.165, 1.54) is 6.42 Å². The summed E-state index contributed by atoms with van der Waals surface area (Å²) >= 11 is 0. The maximum absolute atomic E-state index is 12.4. The van der Waals surface area contributed by atoms with Crippen LogP contribution in [0.25, 0.3) is 11.5 Å². The number of carbonyl (C=O) groups excluding carboxylic acids is 2. The van der Waals surface area contributed by atoms with Gasteiger partial charge in [0.25, 0.3) is 5.91 Å². The zero-order valence-corrected chi connectivity index (χ0v) is 17.2. The van der Waals surface area contributed by atoms with Gasteiger partial charge in [0.1, 0.15) is 0 Å². The van der Waals surface area contributed by atoms with Gasteiger partial charge < -0.3 is 14.1 Å². The van der Waals surface area contributed by atoms with Crippen LogP contribution in [0, 0.1) is 6.92 Å². The summed E-state index contributed by atoms with van der Waals surface area (Å²) in [5.41, 5.74) is 1.99. The number of esters is 1. The van der Waals surface area contributed by atoms with Gasteiger partial charge in [-0.3, -0.25) is 9.59 Å². The predicted molar refractivity (Wildman–Crippen MR) is 108 cm³/mol. The van der Waals surface area contributed by atoms with E-state index in [2.05, 4.69) is 10.2 Å². The van der Waals surface area contributed by atoms with Crippen molar-refractivity contribution in [2.75, 3.05) is 13.2 Å². The molecule has 0 atom stereocenters. The molecule has 0 radical (unpaired) electrons. The van der Waals surface area contributed by atoms with Crippen molar-refractivity contribution in [1.29, 1.82) is 0 Å². The quantitative estimate of drug-likeness (QED) is 0.629. The molecule has 156 valence electrons. The number of amides is 1. The first-order valence-electron chi connectivity index (χ1n) is 10.4. The number of hydrogen-bond acceptors (Lipinski definition) is 6. The molecule has 7 heteroatoms. The van der Waals surface area contributed by atoms with Gasteiger partial charge in [0.15, 0.2) is 6.61 Å². The van der Waals surface area contributed by atoms with Gasteiger partial charge in [-0.25, -0.2) is 0 Å². The molecule has 0 bridgehead atoms. The molecule has 1 heterocycles. The fourth-order valence-electron chi connectivity index (χ4n) is 3.70. The second-order valence-electron chi connectivity index (χ2n) is 7.50. The molecule has 0 N–H and O–H groups in total. The van der Waals surface area contributed by atoms with Crippen LogP contribution in [-0.4, -0.2) is 46.2 Å². The van der Waals surface area contributed by atoms with Gasteiger partial charge in [-0.15, -0.1) is 10.2 Å². The lowest BCUT2D eigenvalue weighted by Gasteiger charge is -2.33. The highest BCUT2D eigenvalue weighted by molar-refractivity contribution is 5.81. The van der Waals surface area contributed by atoms with Crippen LogP contribution in [0.3, 0.4) is 0 Å². The lowest BCUT2D eigenvalue weighted by atomic mass is 9.94. The molecule has 1 aromatic heterocycles. The first-order chi connectivity index (χ1) is 14.1. The van der Waals surface area contributed by atoms with E-state index in [4.69, 9.17) is 9.15 Å². The van der Waals surface area contributed by atoms with E-state index in [0.29, 0.717) is 18.3 Å². The maximum Gasteiger partial charge on any atom is 0.306 e. The minimum absolute atomic E-state index is 0.0956. The summed E-state index contributed by atoms with van der Waals surface area (Å²) in [4.78, 5) is 26.3. The molecule has 0 saturated heterocycles. The van der Waals surface area contributed by atoms with E-state index in [1.807, 2.05) is 43.0 Å². The van der Waals surface area contributed by atoms with Crippen LogP contribution in [0.2, 0.25) is 0 Å². The number of ether oxygens (including phenoxy) is 1. The number of carbonyl (C=O) groups is 2. The van der Waals surface area contributed by atoms with E-state index in [9.17, 15) is 9.59 Å². The van der Waals surface area contributed by atoms with E-state index >= 15 is 0 Å². The summed E-state index contributed by atoms with van der Waals surface area (Å²) in [5, 5.41) is 8.01. The fourth-order valence-corrected chi connectivity index (χ4v) is 3.70. The Morgan fingerprint density at radius 3 is 2.55 bits per heavy atom. The minimum Gasteiger partial charge on any atom is -0.456 e. The summed E-state index contributed by atoms with van der Waals surface area (Å²) in [6.45, 7) is 4.41. The van der Waals surface area contributed by atoms with Gasteiger partial charge in [-0.05, 0) is 38.8 Å². The third kappa shape index (κ3) is 5.89. The highest BCUT2D eigenvalue weighted by atomic mass is 16.5. The van der Waals surface area contributed by atoms with Crippen molar-refractivity contribution in [1.82, 2.24) is 15.1 Å². The van der Waals surface area contributed by atoms with Crippen molar-refractivity contribution < 1.29 is 18.7 Å². The van der Waals surface area contributed by atoms with Crippen LogP contribution in [0.1, 0.15) is 56.9 Å². The number of aryl methyl sites for hydroxylation is 2. The Morgan fingerprint density at radius 1 is 1.14 bits per heavy atom. The Balaban J connectivity index is 1.44. The molecule has 0 spiro atoms. The minimum atomic E-state index is -0.437. The first-order valence-corrected chi connectivity index (χ1v) is 10.4. The smallest absolute Gasteiger partial charge is 0.306 e. The molecule has 3 rings (SSSR count). The average molecular weight is 399 g/mol. The summed E-state index contributed by atoms with van der Waals surface area (Å²) in [6, 6.07) is 8.05. The molecule has 1 amide bonds. The number of nitrogens with zero attached hydrogens (tertiary/aromatic N) is 3. The van der Waals surface area contributed by atoms with Crippen LogP contribution in [0.4, 0.5) is 0 Å². The number of benzene rings is 1. The predicted octanol–water partition coefficient (Wildman–Crippen LogP) is 3.70. The van der Waals surface area contributed by atoms with Crippen molar-refractivity contribution in [2.24, 2.45) is 0 Å². The summed E-state index contributed by atoms with van der Waals surface area (Å²) in [7, 11) is 0. The van der Waals surface area contributed by atoms with Gasteiger partial charge in [0.2, 0.25) is 11.8 Å². The normalized spacial score (nSPS) is 14.6. The third-order valence-corrected chi connectivity index (χ3v) is 5.34. The number of likely N-dealkylation sites (N-methyl/N-ethyl adjacent to an activating group) is 1. The molecule has 2 aromatic rings. The Morgan fingerprint density at radius 2 is 1.86 bits per heavy atom. The molecule has 1 fully saturated rings. The largest absolute Gasteiger partial charge is 0.456 e. The van der Waals surface area contributed by atoms with Crippen molar-refractivity contribution in [3.8, 4) is 11.5 Å². The standard InChI is InChI=1S/C22H29N3O4/c1-3-25(18-7-5-4-6-8-18)20(26)15-28-21(27)14-13-19-23-24-22(29-19)17-11-9-16(2)10-12-17/h9-12,18H,3-8,13-15H2,1-2H3. The number of hydrogen-bond donors (Lipinski definition) is 0. The van der Waals surface area contributed by atoms with Crippen molar-refractivity contribution in [3.05, 3.63) is 35.7 Å². The molecular weight excluding hydrogens is 370 g/mol. The van der Waals surface area contributed by atoms with E-state index < -0.39 is 5.97 Å². The van der Waals surface area contributed by atoms with Crippen molar-refractivity contribution in [2.45, 2.75) is 64.8 Å². The molecule has 0 aliphatic heterocycles. The zero-order chi connectivity index (χ0) is 20.6. The van der Waals surface area contributed by atoms with Gasteiger partial charge in [0.05, 0.1) is 6.42 Å². The van der Waals surface area contributed by atoms with Crippen LogP contribution in [-0.2, 0) is 20.7 Å². The Bertz CT molecular complexity index is 810. The lowest BCUT2D eigenvalue weighted by Crippen LogP contribution is -2.43. The highest BCUT2D eigenvalue weighted by Gasteiger charge is 2.24. The Labute approximate surface area is 171 Å². The molecule has 1 aliphatic carbocycles. The Hall–Kier alpha value is -2.70. The average Bonchev–Trinajstić information content (AvgIpc) is 3.21.